The van der Waals surface area contributed by atoms with Gasteiger partial charge in [0.2, 0.25) is 0 Å². The molecule has 0 amide bonds. The fraction of sp³-hybridized carbons (Fsp3) is 0.769. The molecule has 0 saturated heterocycles. The number of hydrogen-bond donors (Lipinski definition) is 1. The van der Waals surface area contributed by atoms with Gasteiger partial charge < -0.3 is 10.1 Å². The van der Waals surface area contributed by atoms with Crippen LogP contribution in [0.25, 0.3) is 0 Å². The zero-order valence-electron chi connectivity index (χ0n) is 11.7. The molecular formula is C13H25N3O. The number of aryl methyl sites for hydroxylation is 1. The second-order valence-corrected chi connectivity index (χ2v) is 4.64. The van der Waals surface area contributed by atoms with Gasteiger partial charge in [-0.25, -0.2) is 0 Å². The van der Waals surface area contributed by atoms with Crippen molar-refractivity contribution in [1.82, 2.24) is 15.1 Å². The maximum absolute atomic E-state index is 5.42. The van der Waals surface area contributed by atoms with Crippen molar-refractivity contribution in [2.75, 3.05) is 20.7 Å². The highest BCUT2D eigenvalue weighted by Gasteiger charge is 2.22. The van der Waals surface area contributed by atoms with Gasteiger partial charge in [0.1, 0.15) is 0 Å². The first-order chi connectivity index (χ1) is 8.15. The molecule has 98 valence electrons. The van der Waals surface area contributed by atoms with E-state index in [1.54, 1.807) is 7.11 Å². The highest BCUT2D eigenvalue weighted by atomic mass is 16.5. The molecule has 2 unspecified atom stereocenters. The molecule has 0 aromatic carbocycles. The van der Waals surface area contributed by atoms with Crippen LogP contribution in [-0.4, -0.2) is 30.5 Å². The average Bonchev–Trinajstić information content (AvgIpc) is 2.72. The lowest BCUT2D eigenvalue weighted by Crippen LogP contribution is -2.23. The van der Waals surface area contributed by atoms with Crippen LogP contribution in [0.4, 0.5) is 0 Å². The Kier molecular flexibility index (Phi) is 5.48. The van der Waals surface area contributed by atoms with E-state index in [9.17, 15) is 0 Å². The Hall–Kier alpha value is -1.03. The Morgan fingerprint density at radius 1 is 1.47 bits per heavy atom. The maximum atomic E-state index is 5.42. The van der Waals surface area contributed by atoms with Crippen molar-refractivity contribution in [3.05, 3.63) is 11.9 Å². The smallest absolute Gasteiger partial charge is 0.160 e. The highest BCUT2D eigenvalue weighted by molar-refractivity contribution is 5.28. The minimum atomic E-state index is 0.437. The van der Waals surface area contributed by atoms with Gasteiger partial charge in [-0.05, 0) is 25.9 Å². The van der Waals surface area contributed by atoms with E-state index in [1.165, 1.54) is 5.69 Å². The third kappa shape index (κ3) is 3.22. The first-order valence-corrected chi connectivity index (χ1v) is 6.39. The van der Waals surface area contributed by atoms with Crippen LogP contribution in [0.1, 0.15) is 38.8 Å². The van der Waals surface area contributed by atoms with Gasteiger partial charge in [0.25, 0.3) is 0 Å². The Bertz CT molecular complexity index is 335. The van der Waals surface area contributed by atoms with Crippen molar-refractivity contribution in [3.8, 4) is 5.75 Å². The largest absolute Gasteiger partial charge is 0.493 e. The van der Waals surface area contributed by atoms with Crippen LogP contribution in [0, 0.1) is 5.92 Å². The normalized spacial score (nSPS) is 14.6. The molecule has 0 fully saturated rings. The molecule has 17 heavy (non-hydrogen) atoms. The minimum absolute atomic E-state index is 0.437. The van der Waals surface area contributed by atoms with Crippen LogP contribution in [-0.2, 0) is 6.54 Å². The quantitative estimate of drug-likeness (QED) is 0.793. The van der Waals surface area contributed by atoms with Gasteiger partial charge in [0, 0.05) is 12.5 Å². The van der Waals surface area contributed by atoms with Crippen LogP contribution in [0.5, 0.6) is 5.75 Å². The Morgan fingerprint density at radius 2 is 2.18 bits per heavy atom. The van der Waals surface area contributed by atoms with Crippen molar-refractivity contribution < 1.29 is 4.74 Å². The zero-order chi connectivity index (χ0) is 12.8. The van der Waals surface area contributed by atoms with Gasteiger partial charge >= 0.3 is 0 Å². The summed E-state index contributed by atoms with van der Waals surface area (Å²) in [5, 5.41) is 7.64. The van der Waals surface area contributed by atoms with Gasteiger partial charge in [-0.1, -0.05) is 20.8 Å². The number of rotatable bonds is 7. The van der Waals surface area contributed by atoms with Gasteiger partial charge in [0.15, 0.2) is 5.75 Å². The van der Waals surface area contributed by atoms with Crippen molar-refractivity contribution in [3.63, 3.8) is 0 Å². The summed E-state index contributed by atoms with van der Waals surface area (Å²) in [7, 11) is 3.70. The number of hydrogen-bond acceptors (Lipinski definition) is 3. The predicted octanol–water partition coefficient (Wildman–Crippen LogP) is 2.26. The van der Waals surface area contributed by atoms with E-state index in [-0.39, 0.29) is 0 Å². The molecule has 1 aromatic heterocycles. The van der Waals surface area contributed by atoms with Crippen molar-refractivity contribution in [2.24, 2.45) is 5.92 Å². The number of nitrogens with one attached hydrogen (secondary N) is 1. The second-order valence-electron chi connectivity index (χ2n) is 4.64. The number of ether oxygens (including phenoxy) is 1. The zero-order valence-corrected chi connectivity index (χ0v) is 11.7. The van der Waals surface area contributed by atoms with E-state index in [2.05, 4.69) is 35.9 Å². The molecule has 0 bridgehead atoms. The number of methoxy groups -OCH3 is 1. The van der Waals surface area contributed by atoms with Gasteiger partial charge in [-0.3, -0.25) is 4.68 Å². The molecule has 1 N–H and O–H groups in total. The molecule has 1 heterocycles. The minimum Gasteiger partial charge on any atom is -0.493 e. The fourth-order valence-electron chi connectivity index (χ4n) is 2.15. The monoisotopic (exact) mass is 239 g/mol. The van der Waals surface area contributed by atoms with E-state index in [4.69, 9.17) is 4.74 Å². The Morgan fingerprint density at radius 3 is 2.71 bits per heavy atom. The lowest BCUT2D eigenvalue weighted by molar-refractivity contribution is 0.380. The molecule has 0 aliphatic rings. The van der Waals surface area contributed by atoms with Crippen molar-refractivity contribution in [1.29, 1.82) is 0 Å². The fourth-order valence-corrected chi connectivity index (χ4v) is 2.15. The molecular weight excluding hydrogens is 214 g/mol. The summed E-state index contributed by atoms with van der Waals surface area (Å²) in [6, 6.07) is 0. The van der Waals surface area contributed by atoms with Crippen LogP contribution in [0.2, 0.25) is 0 Å². The topological polar surface area (TPSA) is 39.1 Å². The molecule has 0 radical (unpaired) electrons. The molecule has 2 atom stereocenters. The van der Waals surface area contributed by atoms with E-state index in [1.807, 2.05) is 13.2 Å². The van der Waals surface area contributed by atoms with Crippen LogP contribution in [0.3, 0.4) is 0 Å². The summed E-state index contributed by atoms with van der Waals surface area (Å²) in [6.07, 6.45) is 2.92. The number of nitrogens with zero attached hydrogens (tertiary/aromatic N) is 2. The first-order valence-electron chi connectivity index (χ1n) is 6.39. The lowest BCUT2D eigenvalue weighted by Gasteiger charge is -2.21. The van der Waals surface area contributed by atoms with Crippen molar-refractivity contribution in [2.45, 2.75) is 39.7 Å². The molecule has 1 aromatic rings. The Balaban J connectivity index is 2.95. The maximum Gasteiger partial charge on any atom is 0.160 e. The van der Waals surface area contributed by atoms with Crippen LogP contribution >= 0.6 is 0 Å². The molecule has 0 spiro atoms. The first kappa shape index (κ1) is 14.0. The number of aromatic nitrogens is 2. The van der Waals surface area contributed by atoms with Crippen molar-refractivity contribution >= 4 is 0 Å². The van der Waals surface area contributed by atoms with E-state index in [0.717, 1.165) is 25.3 Å². The van der Waals surface area contributed by atoms with Crippen LogP contribution < -0.4 is 10.1 Å². The summed E-state index contributed by atoms with van der Waals surface area (Å²) in [4.78, 5) is 0. The van der Waals surface area contributed by atoms with Gasteiger partial charge in [-0.2, -0.15) is 5.10 Å². The second kappa shape index (κ2) is 6.64. The standard InChI is InChI=1S/C13H25N3O/c1-6-7-16-13(12(17-5)9-15-16)11(3)10(2)8-14-4/h9-11,14H,6-8H2,1-5H3. The van der Waals surface area contributed by atoms with E-state index in [0.29, 0.717) is 11.8 Å². The summed E-state index contributed by atoms with van der Waals surface area (Å²) in [5.74, 6) is 1.90. The third-order valence-electron chi connectivity index (χ3n) is 3.31. The average molecular weight is 239 g/mol. The predicted molar refractivity (Wildman–Crippen MR) is 70.6 cm³/mol. The summed E-state index contributed by atoms with van der Waals surface area (Å²) >= 11 is 0. The summed E-state index contributed by atoms with van der Waals surface area (Å²) in [5.41, 5.74) is 1.22. The Labute approximate surface area is 104 Å². The molecule has 4 nitrogen and oxygen atoms in total. The SMILES string of the molecule is CCCn1ncc(OC)c1C(C)C(C)CNC. The molecule has 0 saturated carbocycles. The molecule has 1 rings (SSSR count). The highest BCUT2D eigenvalue weighted by Crippen LogP contribution is 2.31. The van der Waals surface area contributed by atoms with Crippen LogP contribution in [0.15, 0.2) is 6.20 Å². The van der Waals surface area contributed by atoms with E-state index < -0.39 is 0 Å². The van der Waals surface area contributed by atoms with Gasteiger partial charge in [0.05, 0.1) is 19.0 Å². The molecule has 0 aliphatic heterocycles. The summed E-state index contributed by atoms with van der Waals surface area (Å²) in [6.45, 7) is 8.62. The molecule has 4 heteroatoms. The van der Waals surface area contributed by atoms with Gasteiger partial charge in [-0.15, -0.1) is 0 Å². The lowest BCUT2D eigenvalue weighted by atomic mass is 9.92. The van der Waals surface area contributed by atoms with E-state index >= 15 is 0 Å². The third-order valence-corrected chi connectivity index (χ3v) is 3.31. The molecule has 0 aliphatic carbocycles. The summed E-state index contributed by atoms with van der Waals surface area (Å²) < 4.78 is 7.50.